The van der Waals surface area contributed by atoms with Gasteiger partial charge in [-0.15, -0.1) is 0 Å². The van der Waals surface area contributed by atoms with Crippen molar-refractivity contribution < 1.29 is 90.9 Å². The number of nitrogens with one attached hydrogen (secondary N) is 6. The van der Waals surface area contributed by atoms with Crippen LogP contribution in [-0.2, 0) is 76.3 Å². The van der Waals surface area contributed by atoms with E-state index in [1.807, 2.05) is 12.2 Å². The SMILES string of the molecule is COC(=O)CNC(=O)[C@H](CS)NC(=O)CC[C@H](NC(=O)OC(C)(C)C)C(=O)OC.COC(=O)CNC(=O)[C@H](CSC/C=C/CO[C@@H]1OC(CO)[C@@H](C)[C@H](C)C1C)NC(=O)CC[C@H](NC(=O)OC(C)(C)C)C(=O)OC. The van der Waals surface area contributed by atoms with Gasteiger partial charge in [0.25, 0.3) is 0 Å². The fraction of sp³-hybridized carbons (Fsp3) is 0.745. The van der Waals surface area contributed by atoms with E-state index in [-0.39, 0.29) is 74.8 Å². The summed E-state index contributed by atoms with van der Waals surface area (Å²) in [6.45, 7) is 15.8. The summed E-state index contributed by atoms with van der Waals surface area (Å²) in [5.74, 6) is -3.74. The van der Waals surface area contributed by atoms with Gasteiger partial charge in [0, 0.05) is 36.0 Å². The van der Waals surface area contributed by atoms with Gasteiger partial charge >= 0.3 is 36.1 Å². The quantitative estimate of drug-likeness (QED) is 0.0188. The number of carbonyl (C=O) groups excluding carboxylic acids is 10. The number of thiol groups is 1. The molecule has 0 bridgehead atoms. The monoisotopic (exact) mass is 1100 g/mol. The molecule has 7 N–H and O–H groups in total. The van der Waals surface area contributed by atoms with Crippen LogP contribution in [-0.4, -0.2) is 185 Å². The van der Waals surface area contributed by atoms with Crippen molar-refractivity contribution in [1.82, 2.24) is 31.9 Å². The lowest BCUT2D eigenvalue weighted by Crippen LogP contribution is -2.50. The van der Waals surface area contributed by atoms with E-state index >= 15 is 0 Å². The molecule has 0 aromatic carbocycles. The molecule has 27 heteroatoms. The molecule has 1 saturated heterocycles. The van der Waals surface area contributed by atoms with Crippen LogP contribution in [0.2, 0.25) is 0 Å². The van der Waals surface area contributed by atoms with Gasteiger partial charge in [-0.3, -0.25) is 28.8 Å². The summed E-state index contributed by atoms with van der Waals surface area (Å²) in [6.07, 6.45) is 0.727. The van der Waals surface area contributed by atoms with E-state index in [1.165, 1.54) is 26.0 Å². The van der Waals surface area contributed by atoms with Crippen molar-refractivity contribution in [2.24, 2.45) is 17.8 Å². The highest BCUT2D eigenvalue weighted by molar-refractivity contribution is 7.99. The molecule has 1 fully saturated rings. The number of thioether (sulfide) groups is 1. The molecule has 0 aliphatic carbocycles. The number of ether oxygens (including phenoxy) is 8. The van der Waals surface area contributed by atoms with Crippen LogP contribution in [0.1, 0.15) is 88.0 Å². The van der Waals surface area contributed by atoms with Gasteiger partial charge in [-0.2, -0.15) is 24.4 Å². The lowest BCUT2D eigenvalue weighted by Gasteiger charge is -2.42. The molecule has 74 heavy (non-hydrogen) atoms. The van der Waals surface area contributed by atoms with Gasteiger partial charge in [-0.25, -0.2) is 19.2 Å². The predicted octanol–water partition coefficient (Wildman–Crippen LogP) is 1.08. The molecular formula is C47H80N6O19S2. The molecule has 0 spiro atoms. The van der Waals surface area contributed by atoms with Crippen molar-refractivity contribution in [1.29, 1.82) is 0 Å². The number of hydrogen-bond donors (Lipinski definition) is 8. The Bertz CT molecular complexity index is 1860. The number of methoxy groups -OCH3 is 4. The number of alkyl carbamates (subject to hydrolysis) is 2. The second-order valence-corrected chi connectivity index (χ2v) is 20.1. The van der Waals surface area contributed by atoms with Crippen molar-refractivity contribution in [3.63, 3.8) is 0 Å². The van der Waals surface area contributed by atoms with E-state index in [2.05, 4.69) is 79.5 Å². The summed E-state index contributed by atoms with van der Waals surface area (Å²) >= 11 is 5.36. The maximum Gasteiger partial charge on any atom is 0.408 e. The summed E-state index contributed by atoms with van der Waals surface area (Å²) in [5.41, 5.74) is -1.56. The van der Waals surface area contributed by atoms with Gasteiger partial charge in [0.05, 0.1) is 47.8 Å². The number of rotatable bonds is 27. The summed E-state index contributed by atoms with van der Waals surface area (Å²) < 4.78 is 40.4. The van der Waals surface area contributed by atoms with Crippen molar-refractivity contribution in [2.45, 2.75) is 136 Å². The Morgan fingerprint density at radius 3 is 1.47 bits per heavy atom. The minimum atomic E-state index is -1.15. The zero-order valence-electron chi connectivity index (χ0n) is 44.8. The Kier molecular flexibility index (Phi) is 33.2. The maximum absolute atomic E-state index is 12.8. The number of esters is 4. The second kappa shape index (κ2) is 35.8. The highest BCUT2D eigenvalue weighted by Gasteiger charge is 2.39. The molecular weight excluding hydrogens is 1020 g/mol. The molecule has 0 aromatic rings. The zero-order chi connectivity index (χ0) is 56.8. The summed E-state index contributed by atoms with van der Waals surface area (Å²) in [5, 5.41) is 24.2. The van der Waals surface area contributed by atoms with E-state index in [9.17, 15) is 53.1 Å². The fourth-order valence-electron chi connectivity index (χ4n) is 6.28. The van der Waals surface area contributed by atoms with E-state index in [1.54, 1.807) is 41.5 Å². The molecule has 2 unspecified atom stereocenters. The first-order valence-corrected chi connectivity index (χ1v) is 25.5. The van der Waals surface area contributed by atoms with Gasteiger partial charge in [0.1, 0.15) is 48.5 Å². The average Bonchev–Trinajstić information content (AvgIpc) is 3.33. The zero-order valence-corrected chi connectivity index (χ0v) is 46.5. The number of carbonyl (C=O) groups is 10. The number of amides is 6. The highest BCUT2D eigenvalue weighted by Crippen LogP contribution is 2.35. The first-order valence-electron chi connectivity index (χ1n) is 23.7. The first kappa shape index (κ1) is 68.6. The highest BCUT2D eigenvalue weighted by atomic mass is 32.2. The molecule has 1 aliphatic heterocycles. The number of aliphatic hydroxyl groups excluding tert-OH is 1. The summed E-state index contributed by atoms with van der Waals surface area (Å²) in [6, 6.07) is -4.25. The van der Waals surface area contributed by atoms with Crippen LogP contribution < -0.4 is 31.9 Å². The third-order valence-electron chi connectivity index (χ3n) is 10.6. The predicted molar refractivity (Wildman–Crippen MR) is 272 cm³/mol. The van der Waals surface area contributed by atoms with E-state index in [0.717, 1.165) is 14.2 Å². The largest absolute Gasteiger partial charge is 0.468 e. The van der Waals surface area contributed by atoms with Crippen LogP contribution >= 0.6 is 24.4 Å². The van der Waals surface area contributed by atoms with Crippen molar-refractivity contribution in [3.05, 3.63) is 12.2 Å². The van der Waals surface area contributed by atoms with Gasteiger partial charge < -0.3 is 74.9 Å². The molecule has 1 aliphatic rings. The Morgan fingerprint density at radius 1 is 0.622 bits per heavy atom. The maximum atomic E-state index is 12.8. The molecule has 0 saturated carbocycles. The molecule has 424 valence electrons. The van der Waals surface area contributed by atoms with Crippen molar-refractivity contribution >= 4 is 84.1 Å². The molecule has 9 atom stereocenters. The fourth-order valence-corrected chi connectivity index (χ4v) is 7.41. The van der Waals surface area contributed by atoms with Gasteiger partial charge in [0.15, 0.2) is 6.29 Å². The van der Waals surface area contributed by atoms with Crippen molar-refractivity contribution in [2.75, 3.05) is 72.0 Å². The number of aliphatic hydroxyl groups is 1. The lowest BCUT2D eigenvalue weighted by molar-refractivity contribution is -0.250. The van der Waals surface area contributed by atoms with Gasteiger partial charge in [0.2, 0.25) is 23.6 Å². The second-order valence-electron chi connectivity index (χ2n) is 18.7. The Hall–Kier alpha value is -5.38. The first-order chi connectivity index (χ1) is 34.6. The van der Waals surface area contributed by atoms with Crippen LogP contribution in [0.4, 0.5) is 9.59 Å². The van der Waals surface area contributed by atoms with Gasteiger partial charge in [-0.05, 0) is 66.2 Å². The Morgan fingerprint density at radius 2 is 1.07 bits per heavy atom. The minimum absolute atomic E-state index is 0.0185. The van der Waals surface area contributed by atoms with Crippen LogP contribution in [0.25, 0.3) is 0 Å². The minimum Gasteiger partial charge on any atom is -0.468 e. The Balaban J connectivity index is 0.00000159. The third kappa shape index (κ3) is 29.5. The van der Waals surface area contributed by atoms with Crippen molar-refractivity contribution in [3.8, 4) is 0 Å². The third-order valence-corrected chi connectivity index (χ3v) is 12.0. The van der Waals surface area contributed by atoms with Crippen LogP contribution in [0, 0.1) is 17.8 Å². The topological polar surface area (TPSA) is 337 Å². The molecule has 6 amide bonds. The standard InChI is InChI=1S/C30H51N3O11S.C17H29N3O8S/c1-18-19(2)23(16-34)43-28(20(18)3)42-13-9-10-14-45-17-22(26(37)31-15-25(36)40-7)32-24(35)12-11-21(27(38)41-8)33-29(39)44-30(4,5)6;1-17(2,3)28-16(25)20-10(15(24)27-5)6-7-12(21)19-11(9-29)14(23)18-8-13(22)26-4/h9-10,18-23,28,34H,11-17H2,1-8H3,(H,31,37)(H,32,35)(H,33,39);10-11,29H,6-9H2,1-5H3,(H,18,23)(H,19,21)(H,20,25)/b10-9+;/t18-,19-,20?,21-,22-,23?,28+;10-,11-/m00/s1. The molecule has 0 aromatic heterocycles. The smallest absolute Gasteiger partial charge is 0.408 e. The lowest BCUT2D eigenvalue weighted by atomic mass is 9.79. The number of hydrogen-bond acceptors (Lipinski definition) is 21. The molecule has 25 nitrogen and oxygen atoms in total. The van der Waals surface area contributed by atoms with E-state index in [0.29, 0.717) is 18.3 Å². The van der Waals surface area contributed by atoms with Crippen LogP contribution in [0.15, 0.2) is 12.2 Å². The summed E-state index contributed by atoms with van der Waals surface area (Å²) in [4.78, 5) is 120. The summed E-state index contributed by atoms with van der Waals surface area (Å²) in [7, 11) is 4.67. The normalized spacial score (nSPS) is 19.0. The van der Waals surface area contributed by atoms with Crippen LogP contribution in [0.5, 0.6) is 0 Å². The molecule has 1 rings (SSSR count). The van der Waals surface area contributed by atoms with Crippen LogP contribution in [0.3, 0.4) is 0 Å². The Labute approximate surface area is 443 Å². The van der Waals surface area contributed by atoms with E-state index < -0.39 is 101 Å². The molecule has 0 radical (unpaired) electrons. The molecule has 1 heterocycles. The average molecular weight is 1100 g/mol. The van der Waals surface area contributed by atoms with Gasteiger partial charge in [-0.1, -0.05) is 32.9 Å². The van der Waals surface area contributed by atoms with E-state index in [4.69, 9.17) is 23.7 Å².